The minimum Gasteiger partial charge on any atom is -0.366 e. The topological polar surface area (TPSA) is 37.8 Å². The Morgan fingerprint density at radius 3 is 2.72 bits per heavy atom. The SMILES string of the molecule is CCc1cc(NCc2ccccc2F)nc(C)n1. The summed E-state index contributed by atoms with van der Waals surface area (Å²) in [5.74, 6) is 1.26. The maximum absolute atomic E-state index is 13.4. The first-order valence-corrected chi connectivity index (χ1v) is 6.01. The summed E-state index contributed by atoms with van der Waals surface area (Å²) in [7, 11) is 0. The van der Waals surface area contributed by atoms with Gasteiger partial charge in [0, 0.05) is 23.9 Å². The summed E-state index contributed by atoms with van der Waals surface area (Å²) in [5, 5.41) is 3.13. The quantitative estimate of drug-likeness (QED) is 0.899. The summed E-state index contributed by atoms with van der Waals surface area (Å²) in [6.45, 7) is 4.32. The Morgan fingerprint density at radius 1 is 1.22 bits per heavy atom. The molecule has 0 amide bonds. The molecule has 2 aromatic rings. The van der Waals surface area contributed by atoms with Crippen LogP contribution in [0.1, 0.15) is 24.0 Å². The van der Waals surface area contributed by atoms with E-state index >= 15 is 0 Å². The average Bonchev–Trinajstić information content (AvgIpc) is 2.37. The van der Waals surface area contributed by atoms with Crippen LogP contribution in [0.5, 0.6) is 0 Å². The van der Waals surface area contributed by atoms with Gasteiger partial charge in [0.2, 0.25) is 0 Å². The van der Waals surface area contributed by atoms with Crippen LogP contribution in [0.3, 0.4) is 0 Å². The van der Waals surface area contributed by atoms with Crippen LogP contribution in [-0.2, 0) is 13.0 Å². The van der Waals surface area contributed by atoms with E-state index in [1.165, 1.54) is 6.07 Å². The molecule has 0 aliphatic rings. The lowest BCUT2D eigenvalue weighted by Crippen LogP contribution is -2.06. The molecule has 2 rings (SSSR count). The fourth-order valence-electron chi connectivity index (χ4n) is 1.73. The van der Waals surface area contributed by atoms with E-state index in [2.05, 4.69) is 15.3 Å². The highest BCUT2D eigenvalue weighted by atomic mass is 19.1. The Hall–Kier alpha value is -1.97. The fourth-order valence-corrected chi connectivity index (χ4v) is 1.73. The third kappa shape index (κ3) is 3.03. The molecule has 1 aromatic heterocycles. The standard InChI is InChI=1S/C14H16FN3/c1-3-12-8-14(18-10(2)17-12)16-9-11-6-4-5-7-13(11)15/h4-8H,3,9H2,1-2H3,(H,16,17,18). The number of benzene rings is 1. The highest BCUT2D eigenvalue weighted by Crippen LogP contribution is 2.11. The molecule has 1 heterocycles. The van der Waals surface area contributed by atoms with Crippen molar-refractivity contribution in [2.75, 3.05) is 5.32 Å². The number of halogens is 1. The second-order valence-corrected chi connectivity index (χ2v) is 4.09. The van der Waals surface area contributed by atoms with E-state index in [0.717, 1.165) is 23.8 Å². The van der Waals surface area contributed by atoms with Gasteiger partial charge in [0.15, 0.2) is 0 Å². The van der Waals surface area contributed by atoms with Gasteiger partial charge in [-0.25, -0.2) is 14.4 Å². The average molecular weight is 245 g/mol. The number of hydrogen-bond donors (Lipinski definition) is 1. The predicted octanol–water partition coefficient (Wildman–Crippen LogP) is 3.10. The third-order valence-corrected chi connectivity index (χ3v) is 2.67. The maximum Gasteiger partial charge on any atom is 0.130 e. The highest BCUT2D eigenvalue weighted by molar-refractivity contribution is 5.37. The van der Waals surface area contributed by atoms with Crippen molar-refractivity contribution < 1.29 is 4.39 Å². The zero-order valence-corrected chi connectivity index (χ0v) is 10.6. The number of nitrogens with one attached hydrogen (secondary N) is 1. The normalized spacial score (nSPS) is 10.4. The van der Waals surface area contributed by atoms with Crippen LogP contribution in [0.15, 0.2) is 30.3 Å². The summed E-state index contributed by atoms with van der Waals surface area (Å²) < 4.78 is 13.4. The van der Waals surface area contributed by atoms with E-state index in [1.54, 1.807) is 12.1 Å². The molecule has 0 aliphatic heterocycles. The number of aryl methyl sites for hydroxylation is 2. The van der Waals surface area contributed by atoms with Crippen LogP contribution in [0.25, 0.3) is 0 Å². The third-order valence-electron chi connectivity index (χ3n) is 2.67. The number of nitrogens with zero attached hydrogens (tertiary/aromatic N) is 2. The van der Waals surface area contributed by atoms with Gasteiger partial charge in [-0.3, -0.25) is 0 Å². The summed E-state index contributed by atoms with van der Waals surface area (Å²) in [6, 6.07) is 8.62. The van der Waals surface area contributed by atoms with E-state index in [4.69, 9.17) is 0 Å². The van der Waals surface area contributed by atoms with Crippen molar-refractivity contribution in [2.45, 2.75) is 26.8 Å². The van der Waals surface area contributed by atoms with Crippen LogP contribution in [-0.4, -0.2) is 9.97 Å². The zero-order valence-electron chi connectivity index (χ0n) is 10.6. The van der Waals surface area contributed by atoms with Crippen LogP contribution in [0.4, 0.5) is 10.2 Å². The van der Waals surface area contributed by atoms with Crippen molar-refractivity contribution in [2.24, 2.45) is 0 Å². The van der Waals surface area contributed by atoms with Crippen molar-refractivity contribution in [3.05, 3.63) is 53.2 Å². The molecule has 0 atom stereocenters. The molecule has 0 bridgehead atoms. The van der Waals surface area contributed by atoms with E-state index in [-0.39, 0.29) is 5.82 Å². The first-order valence-electron chi connectivity index (χ1n) is 6.01. The molecule has 94 valence electrons. The number of hydrogen-bond acceptors (Lipinski definition) is 3. The summed E-state index contributed by atoms with van der Waals surface area (Å²) in [5.41, 5.74) is 1.62. The molecule has 0 fully saturated rings. The van der Waals surface area contributed by atoms with Crippen molar-refractivity contribution >= 4 is 5.82 Å². The van der Waals surface area contributed by atoms with Crippen LogP contribution >= 0.6 is 0 Å². The molecule has 3 nitrogen and oxygen atoms in total. The molecule has 0 unspecified atom stereocenters. The zero-order chi connectivity index (χ0) is 13.0. The lowest BCUT2D eigenvalue weighted by Gasteiger charge is -2.08. The molecule has 0 aliphatic carbocycles. The van der Waals surface area contributed by atoms with Gasteiger partial charge in [0.05, 0.1) is 0 Å². The van der Waals surface area contributed by atoms with Crippen molar-refractivity contribution in [1.29, 1.82) is 0 Å². The molecule has 1 aromatic carbocycles. The second-order valence-electron chi connectivity index (χ2n) is 4.09. The molecule has 0 saturated carbocycles. The van der Waals surface area contributed by atoms with Gasteiger partial charge in [0.1, 0.15) is 17.5 Å². The fraction of sp³-hybridized carbons (Fsp3) is 0.286. The Bertz CT molecular complexity index is 540. The molecule has 1 N–H and O–H groups in total. The summed E-state index contributed by atoms with van der Waals surface area (Å²) in [6.07, 6.45) is 0.859. The molecule has 4 heteroatoms. The smallest absolute Gasteiger partial charge is 0.130 e. The van der Waals surface area contributed by atoms with Crippen LogP contribution in [0.2, 0.25) is 0 Å². The van der Waals surface area contributed by atoms with Gasteiger partial charge < -0.3 is 5.32 Å². The second kappa shape index (κ2) is 5.58. The Kier molecular flexibility index (Phi) is 3.87. The van der Waals surface area contributed by atoms with E-state index < -0.39 is 0 Å². The molecule has 0 spiro atoms. The minimum absolute atomic E-state index is 0.202. The predicted molar refractivity (Wildman–Crippen MR) is 69.9 cm³/mol. The molecular weight excluding hydrogens is 229 g/mol. The van der Waals surface area contributed by atoms with Gasteiger partial charge >= 0.3 is 0 Å². The number of rotatable bonds is 4. The molecular formula is C14H16FN3. The van der Waals surface area contributed by atoms with Crippen molar-refractivity contribution in [1.82, 2.24) is 9.97 Å². The van der Waals surface area contributed by atoms with Crippen LogP contribution < -0.4 is 5.32 Å². The molecule has 0 saturated heterocycles. The number of aromatic nitrogens is 2. The van der Waals surface area contributed by atoms with Gasteiger partial charge in [0.25, 0.3) is 0 Å². The van der Waals surface area contributed by atoms with Crippen molar-refractivity contribution in [3.63, 3.8) is 0 Å². The highest BCUT2D eigenvalue weighted by Gasteiger charge is 2.03. The largest absolute Gasteiger partial charge is 0.366 e. The Labute approximate surface area is 106 Å². The van der Waals surface area contributed by atoms with E-state index in [9.17, 15) is 4.39 Å². The molecule has 18 heavy (non-hydrogen) atoms. The Balaban J connectivity index is 2.11. The lowest BCUT2D eigenvalue weighted by molar-refractivity contribution is 0.613. The van der Waals surface area contributed by atoms with Gasteiger partial charge in [-0.05, 0) is 19.4 Å². The Morgan fingerprint density at radius 2 is 2.00 bits per heavy atom. The lowest BCUT2D eigenvalue weighted by atomic mass is 10.2. The maximum atomic E-state index is 13.4. The van der Waals surface area contributed by atoms with Gasteiger partial charge in [-0.1, -0.05) is 25.1 Å². The first kappa shape index (κ1) is 12.5. The van der Waals surface area contributed by atoms with Crippen LogP contribution in [0, 0.1) is 12.7 Å². The first-order chi connectivity index (χ1) is 8.69. The van der Waals surface area contributed by atoms with Crippen molar-refractivity contribution in [3.8, 4) is 0 Å². The monoisotopic (exact) mass is 245 g/mol. The van der Waals surface area contributed by atoms with E-state index in [0.29, 0.717) is 12.1 Å². The van der Waals surface area contributed by atoms with Gasteiger partial charge in [-0.2, -0.15) is 0 Å². The summed E-state index contributed by atoms with van der Waals surface area (Å²) >= 11 is 0. The molecule has 0 radical (unpaired) electrons. The number of anilines is 1. The summed E-state index contributed by atoms with van der Waals surface area (Å²) in [4.78, 5) is 8.58. The van der Waals surface area contributed by atoms with Gasteiger partial charge in [-0.15, -0.1) is 0 Å². The minimum atomic E-state index is -0.202. The van der Waals surface area contributed by atoms with E-state index in [1.807, 2.05) is 26.0 Å².